The molecule has 1 aliphatic heterocycles. The zero-order valence-corrected chi connectivity index (χ0v) is 10.0. The zero-order valence-electron chi connectivity index (χ0n) is 10.0. The Morgan fingerprint density at radius 3 is 2.80 bits per heavy atom. The van der Waals surface area contributed by atoms with Crippen molar-refractivity contribution in [2.24, 2.45) is 5.92 Å². The predicted molar refractivity (Wildman–Crippen MR) is 60.4 cm³/mol. The molecule has 2 unspecified atom stereocenters. The van der Waals surface area contributed by atoms with Crippen LogP contribution in [-0.2, 0) is 4.74 Å². The molecule has 1 fully saturated rings. The maximum atomic E-state index is 9.15. The van der Waals surface area contributed by atoms with Crippen molar-refractivity contribution in [3.63, 3.8) is 0 Å². The first-order valence-corrected chi connectivity index (χ1v) is 5.83. The molecule has 3 nitrogen and oxygen atoms in total. The van der Waals surface area contributed by atoms with Crippen molar-refractivity contribution in [1.29, 1.82) is 5.26 Å². The van der Waals surface area contributed by atoms with E-state index in [1.54, 1.807) is 0 Å². The number of nitriles is 1. The van der Waals surface area contributed by atoms with Gasteiger partial charge in [-0.05, 0) is 32.1 Å². The molecule has 0 radical (unpaired) electrons. The van der Waals surface area contributed by atoms with Crippen LogP contribution in [0.15, 0.2) is 0 Å². The maximum absolute atomic E-state index is 9.15. The van der Waals surface area contributed by atoms with E-state index in [1.165, 1.54) is 0 Å². The fourth-order valence-electron chi connectivity index (χ4n) is 2.12. The van der Waals surface area contributed by atoms with E-state index >= 15 is 0 Å². The summed E-state index contributed by atoms with van der Waals surface area (Å²) < 4.78 is 5.53. The predicted octanol–water partition coefficient (Wildman–Crippen LogP) is 2.08. The summed E-state index contributed by atoms with van der Waals surface area (Å²) in [7, 11) is 0. The lowest BCUT2D eigenvalue weighted by atomic mass is 9.92. The molecular weight excluding hydrogens is 188 g/mol. The number of nitrogens with zero attached hydrogens (tertiary/aromatic N) is 1. The molecule has 1 saturated heterocycles. The first-order chi connectivity index (χ1) is 7.06. The molecule has 0 aromatic heterocycles. The van der Waals surface area contributed by atoms with Crippen LogP contribution in [0.4, 0.5) is 0 Å². The molecule has 0 amide bonds. The summed E-state index contributed by atoms with van der Waals surface area (Å²) in [4.78, 5) is 0. The van der Waals surface area contributed by atoms with E-state index < -0.39 is 5.54 Å². The summed E-state index contributed by atoms with van der Waals surface area (Å²) in [5, 5.41) is 12.5. The largest absolute Gasteiger partial charge is 0.377 e. The summed E-state index contributed by atoms with van der Waals surface area (Å²) in [6.45, 7) is 7.94. The average molecular weight is 210 g/mol. The van der Waals surface area contributed by atoms with E-state index in [0.29, 0.717) is 12.0 Å². The van der Waals surface area contributed by atoms with Crippen LogP contribution in [0.2, 0.25) is 0 Å². The molecule has 86 valence electrons. The zero-order chi connectivity index (χ0) is 11.3. The van der Waals surface area contributed by atoms with Gasteiger partial charge in [0.05, 0.1) is 12.2 Å². The quantitative estimate of drug-likeness (QED) is 0.755. The molecule has 0 saturated carbocycles. The third-order valence-electron chi connectivity index (χ3n) is 2.81. The molecule has 0 aromatic rings. The second-order valence-corrected chi connectivity index (χ2v) is 5.06. The van der Waals surface area contributed by atoms with Gasteiger partial charge in [0, 0.05) is 13.2 Å². The van der Waals surface area contributed by atoms with Crippen molar-refractivity contribution < 1.29 is 4.74 Å². The van der Waals surface area contributed by atoms with Crippen molar-refractivity contribution in [2.45, 2.75) is 51.7 Å². The van der Waals surface area contributed by atoms with Crippen LogP contribution >= 0.6 is 0 Å². The minimum Gasteiger partial charge on any atom is -0.377 e. The first-order valence-electron chi connectivity index (χ1n) is 5.83. The number of rotatable bonds is 5. The highest BCUT2D eigenvalue weighted by Crippen LogP contribution is 2.17. The second-order valence-electron chi connectivity index (χ2n) is 5.06. The van der Waals surface area contributed by atoms with Crippen LogP contribution in [0.5, 0.6) is 0 Å². The average Bonchev–Trinajstić information content (AvgIpc) is 2.66. The minimum atomic E-state index is -0.403. The van der Waals surface area contributed by atoms with Crippen LogP contribution in [-0.4, -0.2) is 24.8 Å². The van der Waals surface area contributed by atoms with Crippen LogP contribution < -0.4 is 5.32 Å². The van der Waals surface area contributed by atoms with E-state index in [9.17, 15) is 0 Å². The Hall–Kier alpha value is -0.590. The normalized spacial score (nSPS) is 25.1. The smallest absolute Gasteiger partial charge is 0.104 e. The summed E-state index contributed by atoms with van der Waals surface area (Å²) >= 11 is 0. The van der Waals surface area contributed by atoms with Gasteiger partial charge in [-0.15, -0.1) is 0 Å². The lowest BCUT2D eigenvalue weighted by Gasteiger charge is -2.26. The van der Waals surface area contributed by atoms with Gasteiger partial charge in [-0.25, -0.2) is 0 Å². The monoisotopic (exact) mass is 210 g/mol. The van der Waals surface area contributed by atoms with Gasteiger partial charge in [0.2, 0.25) is 0 Å². The van der Waals surface area contributed by atoms with Crippen LogP contribution in [0.25, 0.3) is 0 Å². The molecule has 1 rings (SSSR count). The molecule has 2 atom stereocenters. The van der Waals surface area contributed by atoms with Gasteiger partial charge in [0.15, 0.2) is 0 Å². The van der Waals surface area contributed by atoms with Crippen LogP contribution in [0.3, 0.4) is 0 Å². The minimum absolute atomic E-state index is 0.310. The van der Waals surface area contributed by atoms with Crippen molar-refractivity contribution in [3.05, 3.63) is 0 Å². The number of ether oxygens (including phenoxy) is 1. The summed E-state index contributed by atoms with van der Waals surface area (Å²) in [5.74, 6) is 0.534. The Balaban J connectivity index is 2.35. The van der Waals surface area contributed by atoms with E-state index in [4.69, 9.17) is 10.00 Å². The van der Waals surface area contributed by atoms with Crippen molar-refractivity contribution in [1.82, 2.24) is 5.32 Å². The summed E-state index contributed by atoms with van der Waals surface area (Å²) in [5.41, 5.74) is -0.403. The van der Waals surface area contributed by atoms with Gasteiger partial charge in [-0.1, -0.05) is 13.8 Å². The van der Waals surface area contributed by atoms with Gasteiger partial charge >= 0.3 is 0 Å². The lowest BCUT2D eigenvalue weighted by Crippen LogP contribution is -2.45. The van der Waals surface area contributed by atoms with E-state index in [2.05, 4.69) is 25.2 Å². The lowest BCUT2D eigenvalue weighted by molar-refractivity contribution is 0.104. The Bertz CT molecular complexity index is 228. The summed E-state index contributed by atoms with van der Waals surface area (Å²) in [6.07, 6.45) is 3.47. The molecule has 0 spiro atoms. The van der Waals surface area contributed by atoms with Crippen molar-refractivity contribution in [3.8, 4) is 6.07 Å². The molecule has 0 aliphatic carbocycles. The molecular formula is C12H22N2O. The van der Waals surface area contributed by atoms with Gasteiger partial charge in [0.25, 0.3) is 0 Å². The molecule has 15 heavy (non-hydrogen) atoms. The third-order valence-corrected chi connectivity index (χ3v) is 2.81. The third kappa shape index (κ3) is 4.19. The number of hydrogen-bond acceptors (Lipinski definition) is 3. The van der Waals surface area contributed by atoms with Gasteiger partial charge < -0.3 is 4.74 Å². The van der Waals surface area contributed by atoms with Crippen molar-refractivity contribution >= 4 is 0 Å². The Labute approximate surface area is 92.8 Å². The van der Waals surface area contributed by atoms with Gasteiger partial charge in [0.1, 0.15) is 5.54 Å². The number of hydrogen-bond donors (Lipinski definition) is 1. The first kappa shape index (κ1) is 12.5. The van der Waals surface area contributed by atoms with E-state index in [-0.39, 0.29) is 0 Å². The topological polar surface area (TPSA) is 45.0 Å². The Morgan fingerprint density at radius 2 is 2.33 bits per heavy atom. The summed E-state index contributed by atoms with van der Waals surface area (Å²) in [6, 6.07) is 2.37. The molecule has 1 N–H and O–H groups in total. The van der Waals surface area contributed by atoms with E-state index in [1.807, 2.05) is 6.92 Å². The van der Waals surface area contributed by atoms with E-state index in [0.717, 1.165) is 32.4 Å². The van der Waals surface area contributed by atoms with Gasteiger partial charge in [-0.3, -0.25) is 5.32 Å². The van der Waals surface area contributed by atoms with Gasteiger partial charge in [-0.2, -0.15) is 5.26 Å². The highest BCUT2D eigenvalue weighted by molar-refractivity contribution is 5.04. The number of nitrogens with one attached hydrogen (secondary N) is 1. The Morgan fingerprint density at radius 1 is 1.60 bits per heavy atom. The fraction of sp³-hybridized carbons (Fsp3) is 0.917. The molecule has 1 aliphatic rings. The maximum Gasteiger partial charge on any atom is 0.104 e. The van der Waals surface area contributed by atoms with Crippen LogP contribution in [0.1, 0.15) is 40.0 Å². The van der Waals surface area contributed by atoms with Crippen LogP contribution in [0, 0.1) is 17.2 Å². The Kier molecular flexibility index (Phi) is 4.56. The molecule has 0 aromatic carbocycles. The second kappa shape index (κ2) is 5.48. The highest BCUT2D eigenvalue weighted by atomic mass is 16.5. The van der Waals surface area contributed by atoms with Crippen molar-refractivity contribution in [2.75, 3.05) is 13.2 Å². The fourth-order valence-corrected chi connectivity index (χ4v) is 2.12. The highest BCUT2D eigenvalue weighted by Gasteiger charge is 2.26. The molecule has 3 heteroatoms. The molecule has 1 heterocycles. The molecule has 0 bridgehead atoms. The standard InChI is InChI=1S/C12H22N2O/c1-10(2)7-12(3,9-13)14-8-11-5-4-6-15-11/h10-11,14H,4-8H2,1-3H3. The SMILES string of the molecule is CC(C)CC(C)(C#N)NCC1CCCO1.